The zero-order valence-corrected chi connectivity index (χ0v) is 16.1. The number of hydrogen-bond donors (Lipinski definition) is 1. The van der Waals surface area contributed by atoms with E-state index in [9.17, 15) is 9.59 Å². The number of ether oxygens (including phenoxy) is 2. The van der Waals surface area contributed by atoms with E-state index in [-0.39, 0.29) is 17.7 Å². The molecule has 2 amide bonds. The first-order chi connectivity index (χ1) is 13.2. The maximum atomic E-state index is 12.6. The standard InChI is InChI=1S/C21H30N2O4/c1-26-19-6-4-18(5-7-19)21(25)23-12-9-17(10-13-23)20(24)22-11-8-16-3-2-14-27-15-16/h4-7,16-17H,2-3,8-15H2,1H3,(H,22,24). The minimum atomic E-state index is 0.00697. The lowest BCUT2D eigenvalue weighted by molar-refractivity contribution is -0.126. The summed E-state index contributed by atoms with van der Waals surface area (Å²) in [4.78, 5) is 26.8. The van der Waals surface area contributed by atoms with E-state index in [0.29, 0.717) is 24.6 Å². The normalized spacial score (nSPS) is 20.9. The number of likely N-dealkylation sites (tertiary alicyclic amines) is 1. The van der Waals surface area contributed by atoms with Crippen LogP contribution in [0.1, 0.15) is 42.5 Å². The summed E-state index contributed by atoms with van der Waals surface area (Å²) in [5.74, 6) is 1.47. The molecule has 0 aromatic heterocycles. The first kappa shape index (κ1) is 19.7. The molecule has 6 heteroatoms. The number of hydrogen-bond acceptors (Lipinski definition) is 4. The molecule has 1 N–H and O–H groups in total. The summed E-state index contributed by atoms with van der Waals surface area (Å²) >= 11 is 0. The molecule has 1 aromatic carbocycles. The third-order valence-electron chi connectivity index (χ3n) is 5.60. The van der Waals surface area contributed by atoms with Crippen LogP contribution in [0.4, 0.5) is 0 Å². The van der Waals surface area contributed by atoms with Crippen LogP contribution < -0.4 is 10.1 Å². The van der Waals surface area contributed by atoms with E-state index in [0.717, 1.165) is 51.2 Å². The fourth-order valence-corrected chi connectivity index (χ4v) is 3.84. The summed E-state index contributed by atoms with van der Waals surface area (Å²) in [7, 11) is 1.61. The number of rotatable bonds is 6. The van der Waals surface area contributed by atoms with Gasteiger partial charge in [0.05, 0.1) is 7.11 Å². The first-order valence-electron chi connectivity index (χ1n) is 9.96. The van der Waals surface area contributed by atoms with Crippen molar-refractivity contribution in [2.24, 2.45) is 11.8 Å². The molecule has 1 atom stereocenters. The molecule has 1 aromatic rings. The molecule has 0 radical (unpaired) electrons. The molecule has 2 heterocycles. The molecule has 3 rings (SSSR count). The first-order valence-corrected chi connectivity index (χ1v) is 9.96. The third kappa shape index (κ3) is 5.45. The van der Waals surface area contributed by atoms with Gasteiger partial charge in [-0.1, -0.05) is 0 Å². The van der Waals surface area contributed by atoms with Crippen LogP contribution in [0.15, 0.2) is 24.3 Å². The molecule has 148 valence electrons. The summed E-state index contributed by atoms with van der Waals surface area (Å²) in [6, 6.07) is 7.17. The average molecular weight is 374 g/mol. The Balaban J connectivity index is 1.39. The largest absolute Gasteiger partial charge is 0.497 e. The Hall–Kier alpha value is -2.08. The molecule has 2 saturated heterocycles. The van der Waals surface area contributed by atoms with Crippen LogP contribution in [0.3, 0.4) is 0 Å². The van der Waals surface area contributed by atoms with Crippen LogP contribution in [-0.4, -0.2) is 56.7 Å². The Morgan fingerprint density at radius 1 is 1.19 bits per heavy atom. The van der Waals surface area contributed by atoms with E-state index in [1.807, 2.05) is 4.90 Å². The molecule has 0 aliphatic carbocycles. The van der Waals surface area contributed by atoms with Crippen molar-refractivity contribution in [1.82, 2.24) is 10.2 Å². The highest BCUT2D eigenvalue weighted by Crippen LogP contribution is 2.21. The number of nitrogens with zero attached hydrogens (tertiary/aromatic N) is 1. The molecular weight excluding hydrogens is 344 g/mol. The van der Waals surface area contributed by atoms with Crippen molar-refractivity contribution in [3.05, 3.63) is 29.8 Å². The number of methoxy groups -OCH3 is 1. The molecule has 2 fully saturated rings. The van der Waals surface area contributed by atoms with Crippen molar-refractivity contribution < 1.29 is 19.1 Å². The highest BCUT2D eigenvalue weighted by molar-refractivity contribution is 5.94. The Labute approximate surface area is 161 Å². The lowest BCUT2D eigenvalue weighted by Gasteiger charge is -2.31. The maximum Gasteiger partial charge on any atom is 0.253 e. The van der Waals surface area contributed by atoms with Gasteiger partial charge in [0.2, 0.25) is 5.91 Å². The second kappa shape index (κ2) is 9.74. The van der Waals surface area contributed by atoms with Crippen LogP contribution in [-0.2, 0) is 9.53 Å². The second-order valence-electron chi connectivity index (χ2n) is 7.46. The van der Waals surface area contributed by atoms with Crippen molar-refractivity contribution in [1.29, 1.82) is 0 Å². The monoisotopic (exact) mass is 374 g/mol. The minimum Gasteiger partial charge on any atom is -0.497 e. The summed E-state index contributed by atoms with van der Waals surface area (Å²) in [5, 5.41) is 3.08. The van der Waals surface area contributed by atoms with Crippen LogP contribution in [0.5, 0.6) is 5.75 Å². The van der Waals surface area contributed by atoms with Gasteiger partial charge in [-0.3, -0.25) is 9.59 Å². The Kier molecular flexibility index (Phi) is 7.10. The van der Waals surface area contributed by atoms with Gasteiger partial charge in [-0.05, 0) is 62.3 Å². The van der Waals surface area contributed by atoms with Crippen LogP contribution >= 0.6 is 0 Å². The van der Waals surface area contributed by atoms with Crippen LogP contribution in [0.2, 0.25) is 0 Å². The summed E-state index contributed by atoms with van der Waals surface area (Å²) in [6.45, 7) is 3.66. The lowest BCUT2D eigenvalue weighted by Crippen LogP contribution is -2.43. The number of benzene rings is 1. The minimum absolute atomic E-state index is 0.00697. The fourth-order valence-electron chi connectivity index (χ4n) is 3.84. The number of carbonyl (C=O) groups is 2. The van der Waals surface area contributed by atoms with E-state index in [2.05, 4.69) is 5.32 Å². The summed E-state index contributed by atoms with van der Waals surface area (Å²) in [6.07, 6.45) is 4.75. The third-order valence-corrected chi connectivity index (χ3v) is 5.60. The molecule has 1 unspecified atom stereocenters. The van der Waals surface area contributed by atoms with Gasteiger partial charge in [-0.15, -0.1) is 0 Å². The highest BCUT2D eigenvalue weighted by Gasteiger charge is 2.27. The molecule has 2 aliphatic heterocycles. The smallest absolute Gasteiger partial charge is 0.253 e. The van der Waals surface area contributed by atoms with Gasteiger partial charge in [-0.25, -0.2) is 0 Å². The van der Waals surface area contributed by atoms with Gasteiger partial charge in [0.1, 0.15) is 5.75 Å². The molecule has 2 aliphatic rings. The molecule has 0 bridgehead atoms. The lowest BCUT2D eigenvalue weighted by atomic mass is 9.94. The number of carbonyl (C=O) groups excluding carboxylic acids is 2. The Morgan fingerprint density at radius 3 is 2.56 bits per heavy atom. The van der Waals surface area contributed by atoms with Gasteiger partial charge in [0.15, 0.2) is 0 Å². The zero-order chi connectivity index (χ0) is 19.1. The van der Waals surface area contributed by atoms with Gasteiger partial charge in [0, 0.05) is 44.3 Å². The average Bonchev–Trinajstić information content (AvgIpc) is 2.74. The fraction of sp³-hybridized carbons (Fsp3) is 0.619. The van der Waals surface area contributed by atoms with E-state index in [1.165, 1.54) is 6.42 Å². The van der Waals surface area contributed by atoms with Crippen LogP contribution in [0, 0.1) is 11.8 Å². The predicted molar refractivity (Wildman–Crippen MR) is 103 cm³/mol. The second-order valence-corrected chi connectivity index (χ2v) is 7.46. The number of amides is 2. The van der Waals surface area contributed by atoms with Gasteiger partial charge in [-0.2, -0.15) is 0 Å². The maximum absolute atomic E-state index is 12.6. The molecule has 0 spiro atoms. The zero-order valence-electron chi connectivity index (χ0n) is 16.1. The van der Waals surface area contributed by atoms with Crippen molar-refractivity contribution in [2.75, 3.05) is 40.0 Å². The van der Waals surface area contributed by atoms with Crippen LogP contribution in [0.25, 0.3) is 0 Å². The van der Waals surface area contributed by atoms with E-state index in [4.69, 9.17) is 9.47 Å². The number of nitrogens with one attached hydrogen (secondary N) is 1. The van der Waals surface area contributed by atoms with Crippen molar-refractivity contribution in [2.45, 2.75) is 32.1 Å². The molecular formula is C21H30N2O4. The van der Waals surface area contributed by atoms with Crippen molar-refractivity contribution in [3.8, 4) is 5.75 Å². The Morgan fingerprint density at radius 2 is 1.93 bits per heavy atom. The van der Waals surface area contributed by atoms with Crippen molar-refractivity contribution in [3.63, 3.8) is 0 Å². The topological polar surface area (TPSA) is 67.9 Å². The molecule has 0 saturated carbocycles. The van der Waals surface area contributed by atoms with Gasteiger partial charge >= 0.3 is 0 Å². The summed E-state index contributed by atoms with van der Waals surface area (Å²) in [5.41, 5.74) is 0.661. The summed E-state index contributed by atoms with van der Waals surface area (Å²) < 4.78 is 10.6. The predicted octanol–water partition coefficient (Wildman–Crippen LogP) is 2.48. The van der Waals surface area contributed by atoms with E-state index in [1.54, 1.807) is 31.4 Å². The quantitative estimate of drug-likeness (QED) is 0.831. The van der Waals surface area contributed by atoms with Gasteiger partial charge < -0.3 is 19.7 Å². The highest BCUT2D eigenvalue weighted by atomic mass is 16.5. The SMILES string of the molecule is COc1ccc(C(=O)N2CCC(C(=O)NCCC3CCCOC3)CC2)cc1. The van der Waals surface area contributed by atoms with Gasteiger partial charge in [0.25, 0.3) is 5.91 Å². The van der Waals surface area contributed by atoms with Crippen molar-refractivity contribution >= 4 is 11.8 Å². The molecule has 27 heavy (non-hydrogen) atoms. The number of piperidine rings is 1. The Bertz CT molecular complexity index is 618. The van der Waals surface area contributed by atoms with E-state index >= 15 is 0 Å². The van der Waals surface area contributed by atoms with E-state index < -0.39 is 0 Å². The molecule has 6 nitrogen and oxygen atoms in total.